The van der Waals surface area contributed by atoms with E-state index in [0.29, 0.717) is 6.42 Å². The minimum Gasteiger partial charge on any atom is -0.449 e. The Morgan fingerprint density at radius 3 is 2.67 bits per heavy atom. The Hall–Kier alpha value is -2.10. The smallest absolute Gasteiger partial charge is 0.351 e. The third-order valence-corrected chi connectivity index (χ3v) is 2.08. The van der Waals surface area contributed by atoms with Crippen molar-refractivity contribution in [2.75, 3.05) is 0 Å². The number of rotatable bonds is 4. The Bertz CT molecular complexity index is 382. The third kappa shape index (κ3) is 1.74. The van der Waals surface area contributed by atoms with Crippen molar-refractivity contribution in [1.29, 1.82) is 5.26 Å². The largest absolute Gasteiger partial charge is 0.449 e. The molecule has 2 atom stereocenters. The molecule has 0 bridgehead atoms. The van der Waals surface area contributed by atoms with Crippen LogP contribution in [0.25, 0.3) is 0 Å². The summed E-state index contributed by atoms with van der Waals surface area (Å²) in [7, 11) is 0. The van der Waals surface area contributed by atoms with Crippen molar-refractivity contribution in [2.24, 2.45) is 10.4 Å². The number of nitroso groups, excluding NO2 is 2. The van der Waals surface area contributed by atoms with Crippen LogP contribution in [0.2, 0.25) is 0 Å². The molecule has 1 rings (SSSR count). The lowest BCUT2D eigenvalue weighted by atomic mass is 10.1. The number of nitriles is 1. The molecule has 15 heavy (non-hydrogen) atoms. The van der Waals surface area contributed by atoms with E-state index in [2.05, 4.69) is 15.1 Å². The van der Waals surface area contributed by atoms with Gasteiger partial charge in [-0.1, -0.05) is 12.1 Å². The maximum atomic E-state index is 11.1. The predicted octanol–water partition coefficient (Wildman–Crippen LogP) is 1.00. The van der Waals surface area contributed by atoms with Crippen LogP contribution >= 0.6 is 0 Å². The van der Waals surface area contributed by atoms with Crippen molar-refractivity contribution in [3.8, 4) is 6.07 Å². The van der Waals surface area contributed by atoms with Gasteiger partial charge in [-0.25, -0.2) is 4.79 Å². The molecule has 0 radical (unpaired) electrons. The van der Waals surface area contributed by atoms with Gasteiger partial charge >= 0.3 is 5.97 Å². The lowest BCUT2D eigenvalue weighted by molar-refractivity contribution is -0.140. The van der Waals surface area contributed by atoms with Crippen LogP contribution in [0.1, 0.15) is 13.3 Å². The van der Waals surface area contributed by atoms with Crippen molar-refractivity contribution < 1.29 is 9.53 Å². The molecule has 0 fully saturated rings. The van der Waals surface area contributed by atoms with Crippen LogP contribution in [0, 0.1) is 21.1 Å². The first-order valence-electron chi connectivity index (χ1n) is 4.20. The monoisotopic (exact) mass is 209 g/mol. The molecule has 7 heteroatoms. The van der Waals surface area contributed by atoms with Crippen LogP contribution in [0.4, 0.5) is 0 Å². The van der Waals surface area contributed by atoms with E-state index in [0.717, 1.165) is 0 Å². The van der Waals surface area contributed by atoms with E-state index in [9.17, 15) is 14.6 Å². The Morgan fingerprint density at radius 1 is 1.60 bits per heavy atom. The van der Waals surface area contributed by atoms with E-state index in [4.69, 9.17) is 5.26 Å². The minimum atomic E-state index is -1.12. The molecule has 0 N–H and O–H groups in total. The standard InChI is InChI=1S/C8H7N3O4/c1-2-5(10-13)7-6(11-14)4(3-9)8(12)15-7/h5,7H,2H2,1H3. The summed E-state index contributed by atoms with van der Waals surface area (Å²) in [6.07, 6.45) is -0.828. The minimum absolute atomic E-state index is 0.291. The molecule has 0 aromatic carbocycles. The van der Waals surface area contributed by atoms with E-state index in [1.54, 1.807) is 6.92 Å². The molecule has 0 aromatic heterocycles. The molecule has 2 unspecified atom stereocenters. The van der Waals surface area contributed by atoms with Gasteiger partial charge in [-0.2, -0.15) is 10.2 Å². The second-order valence-corrected chi connectivity index (χ2v) is 2.87. The molecule has 0 spiro atoms. The summed E-state index contributed by atoms with van der Waals surface area (Å²) >= 11 is 0. The van der Waals surface area contributed by atoms with Gasteiger partial charge in [0.25, 0.3) is 0 Å². The number of carbonyl (C=O) groups is 1. The Labute approximate surface area is 84.7 Å². The highest BCUT2D eigenvalue weighted by Crippen LogP contribution is 2.28. The lowest BCUT2D eigenvalue weighted by Crippen LogP contribution is -2.25. The SMILES string of the molecule is CCC(N=O)C1OC(=O)C(C#N)=C1N=O. The molecule has 1 aliphatic rings. The number of carbonyl (C=O) groups excluding carboxylic acids is 1. The second kappa shape index (κ2) is 4.41. The van der Waals surface area contributed by atoms with Crippen LogP contribution in [0.15, 0.2) is 21.6 Å². The number of cyclic esters (lactones) is 1. The first-order valence-corrected chi connectivity index (χ1v) is 4.20. The zero-order valence-electron chi connectivity index (χ0n) is 7.84. The molecule has 0 amide bonds. The normalized spacial score (nSPS) is 21.9. The first kappa shape index (κ1) is 11.0. The van der Waals surface area contributed by atoms with Gasteiger partial charge in [0, 0.05) is 0 Å². The summed E-state index contributed by atoms with van der Waals surface area (Å²) in [6.45, 7) is 1.65. The second-order valence-electron chi connectivity index (χ2n) is 2.87. The van der Waals surface area contributed by atoms with Gasteiger partial charge < -0.3 is 4.74 Å². The van der Waals surface area contributed by atoms with E-state index in [1.165, 1.54) is 6.07 Å². The van der Waals surface area contributed by atoms with E-state index in [1.807, 2.05) is 0 Å². The Kier molecular flexibility index (Phi) is 3.23. The van der Waals surface area contributed by atoms with Crippen LogP contribution < -0.4 is 0 Å². The summed E-state index contributed by atoms with van der Waals surface area (Å²) in [4.78, 5) is 31.9. The lowest BCUT2D eigenvalue weighted by Gasteiger charge is -2.13. The summed E-state index contributed by atoms with van der Waals surface area (Å²) in [6, 6.07) is 0.633. The van der Waals surface area contributed by atoms with Gasteiger partial charge in [0.1, 0.15) is 12.1 Å². The third-order valence-electron chi connectivity index (χ3n) is 2.08. The van der Waals surface area contributed by atoms with Crippen molar-refractivity contribution >= 4 is 5.97 Å². The van der Waals surface area contributed by atoms with Gasteiger partial charge in [0.2, 0.25) is 0 Å². The fourth-order valence-electron chi connectivity index (χ4n) is 1.28. The van der Waals surface area contributed by atoms with Crippen molar-refractivity contribution in [3.63, 3.8) is 0 Å². The van der Waals surface area contributed by atoms with Gasteiger partial charge in [-0.3, -0.25) is 0 Å². The summed E-state index contributed by atoms with van der Waals surface area (Å²) in [5.41, 5.74) is -0.786. The molecule has 0 aromatic rings. The molecular formula is C8H7N3O4. The van der Waals surface area contributed by atoms with Crippen LogP contribution in [-0.4, -0.2) is 18.1 Å². The maximum Gasteiger partial charge on any atom is 0.351 e. The van der Waals surface area contributed by atoms with Crippen LogP contribution in [0.5, 0.6) is 0 Å². The molecule has 1 heterocycles. The Morgan fingerprint density at radius 2 is 2.27 bits per heavy atom. The quantitative estimate of drug-likeness (QED) is 0.506. The average molecular weight is 209 g/mol. The number of hydrogen-bond donors (Lipinski definition) is 0. The van der Waals surface area contributed by atoms with Crippen molar-refractivity contribution in [3.05, 3.63) is 21.1 Å². The molecule has 1 aliphatic heterocycles. The summed E-state index contributed by atoms with van der Waals surface area (Å²) in [5, 5.41) is 13.8. The maximum absolute atomic E-state index is 11.1. The van der Waals surface area contributed by atoms with Gasteiger partial charge in [-0.05, 0) is 11.6 Å². The van der Waals surface area contributed by atoms with Gasteiger partial charge in [-0.15, -0.1) is 4.91 Å². The summed E-state index contributed by atoms with van der Waals surface area (Å²) < 4.78 is 4.69. The van der Waals surface area contributed by atoms with E-state index >= 15 is 0 Å². The number of ether oxygens (including phenoxy) is 1. The molecule has 0 saturated carbocycles. The molecule has 0 saturated heterocycles. The Balaban J connectivity index is 3.11. The van der Waals surface area contributed by atoms with Crippen molar-refractivity contribution in [1.82, 2.24) is 0 Å². The zero-order valence-corrected chi connectivity index (χ0v) is 7.84. The molecular weight excluding hydrogens is 202 g/mol. The molecule has 78 valence electrons. The van der Waals surface area contributed by atoms with Crippen LogP contribution in [-0.2, 0) is 9.53 Å². The summed E-state index contributed by atoms with van der Waals surface area (Å²) in [5.74, 6) is -0.931. The molecule has 7 nitrogen and oxygen atoms in total. The highest BCUT2D eigenvalue weighted by molar-refractivity contribution is 5.96. The van der Waals surface area contributed by atoms with Gasteiger partial charge in [0.15, 0.2) is 17.4 Å². The van der Waals surface area contributed by atoms with Crippen LogP contribution in [0.3, 0.4) is 0 Å². The van der Waals surface area contributed by atoms with E-state index in [-0.39, 0.29) is 5.70 Å². The van der Waals surface area contributed by atoms with Gasteiger partial charge in [0.05, 0.1) is 0 Å². The zero-order chi connectivity index (χ0) is 11.4. The van der Waals surface area contributed by atoms with Crippen molar-refractivity contribution in [2.45, 2.75) is 25.5 Å². The number of hydrogen-bond acceptors (Lipinski definition) is 7. The average Bonchev–Trinajstić information content (AvgIpc) is 2.56. The van der Waals surface area contributed by atoms with E-state index < -0.39 is 23.7 Å². The highest BCUT2D eigenvalue weighted by atomic mass is 16.6. The topological polar surface area (TPSA) is 109 Å². The number of nitrogens with zero attached hydrogens (tertiary/aromatic N) is 3. The predicted molar refractivity (Wildman–Crippen MR) is 48.2 cm³/mol. The fourth-order valence-corrected chi connectivity index (χ4v) is 1.28. The fraction of sp³-hybridized carbons (Fsp3) is 0.500. The first-order chi connectivity index (χ1) is 7.19. The number of esters is 1. The highest BCUT2D eigenvalue weighted by Gasteiger charge is 2.40. The molecule has 0 aliphatic carbocycles.